The number of hydrogen-bond acceptors (Lipinski definition) is 5. The summed E-state index contributed by atoms with van der Waals surface area (Å²) in [6, 6.07) is 3.90. The van der Waals surface area contributed by atoms with E-state index in [4.69, 9.17) is 14.5 Å². The van der Waals surface area contributed by atoms with Crippen molar-refractivity contribution >= 4 is 22.1 Å². The van der Waals surface area contributed by atoms with E-state index in [0.29, 0.717) is 13.2 Å². The summed E-state index contributed by atoms with van der Waals surface area (Å²) in [5.74, 6) is 0.889. The molecule has 3 aromatic heterocycles. The van der Waals surface area contributed by atoms with Crippen molar-refractivity contribution in [3.05, 3.63) is 30.4 Å². The van der Waals surface area contributed by atoms with E-state index in [9.17, 15) is 0 Å². The Kier molecular flexibility index (Phi) is 4.39. The van der Waals surface area contributed by atoms with Crippen LogP contribution in [0.25, 0.3) is 22.1 Å². The van der Waals surface area contributed by atoms with Crippen LogP contribution in [-0.4, -0.2) is 33.2 Å². The third kappa shape index (κ3) is 2.69. The molecule has 1 aliphatic rings. The second kappa shape index (κ2) is 6.69. The molecule has 25 heavy (non-hydrogen) atoms. The van der Waals surface area contributed by atoms with Gasteiger partial charge in [-0.1, -0.05) is 6.42 Å². The molecule has 0 amide bonds. The van der Waals surface area contributed by atoms with Crippen molar-refractivity contribution in [2.75, 3.05) is 13.7 Å². The highest BCUT2D eigenvalue weighted by Crippen LogP contribution is 2.40. The molecule has 1 saturated carbocycles. The predicted octanol–water partition coefficient (Wildman–Crippen LogP) is 3.78. The summed E-state index contributed by atoms with van der Waals surface area (Å²) in [6.45, 7) is 3.11. The van der Waals surface area contributed by atoms with Gasteiger partial charge in [0.15, 0.2) is 0 Å². The van der Waals surface area contributed by atoms with Gasteiger partial charge >= 0.3 is 0 Å². The topological polar surface area (TPSA) is 62.1 Å². The maximum absolute atomic E-state index is 6.12. The summed E-state index contributed by atoms with van der Waals surface area (Å²) in [5.41, 5.74) is 3.22. The molecule has 0 aromatic carbocycles. The summed E-state index contributed by atoms with van der Waals surface area (Å²) in [7, 11) is 1.80. The van der Waals surface area contributed by atoms with Crippen LogP contribution in [0.2, 0.25) is 0 Å². The van der Waals surface area contributed by atoms with E-state index in [1.165, 1.54) is 6.42 Å². The lowest BCUT2D eigenvalue weighted by Gasteiger charge is -2.38. The van der Waals surface area contributed by atoms with Gasteiger partial charge in [-0.15, -0.1) is 0 Å². The SMILES string of the molecule is CCOCc1nc2cnc3cccnc3c2n1C1(OC)CCCCC1. The van der Waals surface area contributed by atoms with Crippen LogP contribution in [0.1, 0.15) is 44.9 Å². The van der Waals surface area contributed by atoms with E-state index in [-0.39, 0.29) is 5.72 Å². The Labute approximate surface area is 147 Å². The summed E-state index contributed by atoms with van der Waals surface area (Å²) in [6.07, 6.45) is 9.14. The van der Waals surface area contributed by atoms with E-state index in [1.807, 2.05) is 31.5 Å². The monoisotopic (exact) mass is 340 g/mol. The van der Waals surface area contributed by atoms with E-state index >= 15 is 0 Å². The minimum absolute atomic E-state index is 0.384. The molecule has 6 nitrogen and oxygen atoms in total. The zero-order valence-electron chi connectivity index (χ0n) is 14.9. The third-order valence-corrected chi connectivity index (χ3v) is 5.17. The quantitative estimate of drug-likeness (QED) is 0.707. The lowest BCUT2D eigenvalue weighted by atomic mass is 9.91. The highest BCUT2D eigenvalue weighted by atomic mass is 16.5. The van der Waals surface area contributed by atoms with Crippen molar-refractivity contribution < 1.29 is 9.47 Å². The van der Waals surface area contributed by atoms with E-state index in [2.05, 4.69) is 14.5 Å². The Bertz CT molecular complexity index is 884. The van der Waals surface area contributed by atoms with Crippen LogP contribution < -0.4 is 0 Å². The molecule has 3 aromatic rings. The average Bonchev–Trinajstić information content (AvgIpc) is 3.06. The number of ether oxygens (including phenoxy) is 2. The molecule has 0 aliphatic heterocycles. The van der Waals surface area contributed by atoms with Gasteiger partial charge in [0.05, 0.1) is 11.7 Å². The van der Waals surface area contributed by atoms with E-state index in [1.54, 1.807) is 7.11 Å². The summed E-state index contributed by atoms with van der Waals surface area (Å²) in [4.78, 5) is 13.9. The smallest absolute Gasteiger partial charge is 0.146 e. The number of nitrogens with zero attached hydrogens (tertiary/aromatic N) is 4. The maximum atomic E-state index is 6.12. The van der Waals surface area contributed by atoms with Crippen molar-refractivity contribution in [3.63, 3.8) is 0 Å². The van der Waals surface area contributed by atoms with Gasteiger partial charge in [0.2, 0.25) is 0 Å². The Morgan fingerprint density at radius 1 is 1.16 bits per heavy atom. The molecule has 1 aliphatic carbocycles. The van der Waals surface area contributed by atoms with Crippen LogP contribution in [-0.2, 0) is 21.8 Å². The molecule has 0 unspecified atom stereocenters. The van der Waals surface area contributed by atoms with Gasteiger partial charge in [-0.2, -0.15) is 0 Å². The van der Waals surface area contributed by atoms with Crippen LogP contribution >= 0.6 is 0 Å². The number of fused-ring (bicyclic) bond motifs is 3. The average molecular weight is 340 g/mol. The molecule has 0 bridgehead atoms. The zero-order valence-corrected chi connectivity index (χ0v) is 14.9. The van der Waals surface area contributed by atoms with Crippen molar-refractivity contribution in [3.8, 4) is 0 Å². The van der Waals surface area contributed by atoms with Crippen molar-refractivity contribution in [1.29, 1.82) is 0 Å². The number of hydrogen-bond donors (Lipinski definition) is 0. The fraction of sp³-hybridized carbons (Fsp3) is 0.526. The van der Waals surface area contributed by atoms with Crippen molar-refractivity contribution in [1.82, 2.24) is 19.5 Å². The van der Waals surface area contributed by atoms with Gasteiger partial charge in [-0.05, 0) is 44.7 Å². The van der Waals surface area contributed by atoms with E-state index < -0.39 is 0 Å². The largest absolute Gasteiger partial charge is 0.374 e. The van der Waals surface area contributed by atoms with Crippen molar-refractivity contribution in [2.45, 2.75) is 51.4 Å². The number of rotatable bonds is 5. The Balaban J connectivity index is 2.02. The standard InChI is InChI=1S/C19H24N4O2/c1-3-25-13-16-22-15-12-21-14-8-7-11-20-17(14)18(15)23(16)19(24-2)9-5-4-6-10-19/h7-8,11-12H,3-6,9-10,13H2,1-2H3. The van der Waals surface area contributed by atoms with E-state index in [0.717, 1.165) is 53.6 Å². The molecule has 3 heterocycles. The number of pyridine rings is 2. The third-order valence-electron chi connectivity index (χ3n) is 5.17. The molecule has 0 radical (unpaired) electrons. The normalized spacial score (nSPS) is 17.4. The molecular formula is C19H24N4O2. The summed E-state index contributed by atoms with van der Waals surface area (Å²) < 4.78 is 14.1. The molecule has 0 saturated heterocycles. The highest BCUT2D eigenvalue weighted by Gasteiger charge is 2.37. The first-order valence-corrected chi connectivity index (χ1v) is 9.03. The molecule has 4 rings (SSSR count). The summed E-state index contributed by atoms with van der Waals surface area (Å²) >= 11 is 0. The Hall–Kier alpha value is -2.05. The molecular weight excluding hydrogens is 316 g/mol. The van der Waals surface area contributed by atoms with Gasteiger partial charge < -0.3 is 9.47 Å². The number of aromatic nitrogens is 4. The summed E-state index contributed by atoms with van der Waals surface area (Å²) in [5, 5.41) is 0. The highest BCUT2D eigenvalue weighted by molar-refractivity contribution is 5.99. The number of imidazole rings is 1. The molecule has 6 heteroatoms. The molecule has 0 atom stereocenters. The van der Waals surface area contributed by atoms with Crippen LogP contribution in [0.4, 0.5) is 0 Å². The van der Waals surface area contributed by atoms with Crippen LogP contribution in [0.5, 0.6) is 0 Å². The van der Waals surface area contributed by atoms with Gasteiger partial charge in [0.1, 0.15) is 34.7 Å². The minimum Gasteiger partial charge on any atom is -0.374 e. The molecule has 1 fully saturated rings. The molecule has 0 spiro atoms. The van der Waals surface area contributed by atoms with Gasteiger partial charge in [-0.25, -0.2) is 4.98 Å². The minimum atomic E-state index is -0.384. The van der Waals surface area contributed by atoms with Gasteiger partial charge in [0, 0.05) is 19.9 Å². The van der Waals surface area contributed by atoms with Crippen LogP contribution in [0, 0.1) is 0 Å². The Morgan fingerprint density at radius 3 is 2.76 bits per heavy atom. The van der Waals surface area contributed by atoms with Gasteiger partial charge in [0.25, 0.3) is 0 Å². The molecule has 132 valence electrons. The Morgan fingerprint density at radius 2 is 2.00 bits per heavy atom. The first-order valence-electron chi connectivity index (χ1n) is 9.03. The lowest BCUT2D eigenvalue weighted by Crippen LogP contribution is -2.39. The maximum Gasteiger partial charge on any atom is 0.146 e. The first kappa shape index (κ1) is 16.4. The molecule has 0 N–H and O–H groups in total. The second-order valence-electron chi connectivity index (χ2n) is 6.57. The zero-order chi connectivity index (χ0) is 17.3. The van der Waals surface area contributed by atoms with Gasteiger partial charge in [-0.3, -0.25) is 14.5 Å². The fourth-order valence-corrected chi connectivity index (χ4v) is 3.97. The second-order valence-corrected chi connectivity index (χ2v) is 6.57. The number of methoxy groups -OCH3 is 1. The van der Waals surface area contributed by atoms with Crippen LogP contribution in [0.15, 0.2) is 24.5 Å². The van der Waals surface area contributed by atoms with Crippen LogP contribution in [0.3, 0.4) is 0 Å². The fourth-order valence-electron chi connectivity index (χ4n) is 3.97. The van der Waals surface area contributed by atoms with Crippen molar-refractivity contribution in [2.24, 2.45) is 0 Å². The first-order chi connectivity index (χ1) is 12.3. The predicted molar refractivity (Wildman–Crippen MR) is 96.2 cm³/mol. The lowest BCUT2D eigenvalue weighted by molar-refractivity contribution is -0.106.